The number of nitrogens with zero attached hydrogens (tertiary/aromatic N) is 1. The molecule has 1 fully saturated rings. The number of carbonyl (C=O) groups excluding carboxylic acids is 1. The summed E-state index contributed by atoms with van der Waals surface area (Å²) in [4.78, 5) is 15.5. The zero-order valence-electron chi connectivity index (χ0n) is 12.5. The molecule has 0 radical (unpaired) electrons. The number of hydrogen-bond donors (Lipinski definition) is 0. The van der Waals surface area contributed by atoms with Crippen molar-refractivity contribution in [2.75, 3.05) is 24.6 Å². The molecule has 1 amide bonds. The number of halogens is 1. The quantitative estimate of drug-likeness (QED) is 0.787. The standard InChI is InChI=1S/C15H20ClNO2S2/c1-4-20-13-9-11(16)5-6-12(13)14(18)17-7-8-21(19)15(2,3)10-17/h5-6,9H,4,7-8,10H2,1-3H3/t21-/m1/s1. The van der Waals surface area contributed by atoms with Gasteiger partial charge in [-0.25, -0.2) is 0 Å². The lowest BCUT2D eigenvalue weighted by Crippen LogP contribution is -2.52. The number of hydrogen-bond acceptors (Lipinski definition) is 3. The minimum atomic E-state index is -0.877. The summed E-state index contributed by atoms with van der Waals surface area (Å²) in [7, 11) is -0.877. The Morgan fingerprint density at radius 2 is 2.19 bits per heavy atom. The maximum absolute atomic E-state index is 12.8. The molecular formula is C15H20ClNO2S2. The molecule has 2 rings (SSSR count). The Morgan fingerprint density at radius 1 is 1.48 bits per heavy atom. The second-order valence-corrected chi connectivity index (χ2v) is 9.56. The first-order chi connectivity index (χ1) is 9.85. The van der Waals surface area contributed by atoms with Crippen LogP contribution < -0.4 is 0 Å². The third kappa shape index (κ3) is 3.82. The van der Waals surface area contributed by atoms with E-state index in [4.69, 9.17) is 11.6 Å². The van der Waals surface area contributed by atoms with Gasteiger partial charge in [0.05, 0.1) is 10.3 Å². The van der Waals surface area contributed by atoms with Crippen molar-refractivity contribution in [3.63, 3.8) is 0 Å². The first kappa shape index (κ1) is 16.8. The number of benzene rings is 1. The van der Waals surface area contributed by atoms with Gasteiger partial charge in [-0.1, -0.05) is 18.5 Å². The van der Waals surface area contributed by atoms with Gasteiger partial charge in [-0.05, 0) is 37.8 Å². The maximum Gasteiger partial charge on any atom is 0.255 e. The fourth-order valence-corrected chi connectivity index (χ4v) is 4.68. The molecule has 3 nitrogen and oxygen atoms in total. The van der Waals surface area contributed by atoms with Gasteiger partial charge in [0, 0.05) is 39.6 Å². The first-order valence-electron chi connectivity index (χ1n) is 6.95. The van der Waals surface area contributed by atoms with Gasteiger partial charge in [-0.3, -0.25) is 9.00 Å². The van der Waals surface area contributed by atoms with Crippen LogP contribution in [0.15, 0.2) is 23.1 Å². The normalized spacial score (nSPS) is 21.3. The highest BCUT2D eigenvalue weighted by Gasteiger charge is 2.35. The van der Waals surface area contributed by atoms with Crippen molar-refractivity contribution < 1.29 is 9.00 Å². The van der Waals surface area contributed by atoms with Crippen molar-refractivity contribution in [1.82, 2.24) is 4.90 Å². The van der Waals surface area contributed by atoms with Crippen LogP contribution in [0.3, 0.4) is 0 Å². The zero-order valence-corrected chi connectivity index (χ0v) is 14.9. The summed E-state index contributed by atoms with van der Waals surface area (Å²) in [5.41, 5.74) is 0.690. The molecule has 0 bridgehead atoms. The summed E-state index contributed by atoms with van der Waals surface area (Å²) in [6, 6.07) is 5.39. The van der Waals surface area contributed by atoms with Crippen molar-refractivity contribution in [2.45, 2.75) is 30.4 Å². The SMILES string of the molecule is CCSc1cc(Cl)ccc1C(=O)N1CC[S@@](=O)C(C)(C)C1. The Hall–Kier alpha value is -0.520. The lowest BCUT2D eigenvalue weighted by Gasteiger charge is -2.37. The van der Waals surface area contributed by atoms with Gasteiger partial charge >= 0.3 is 0 Å². The summed E-state index contributed by atoms with van der Waals surface area (Å²) >= 11 is 7.65. The first-order valence-corrected chi connectivity index (χ1v) is 9.63. The Morgan fingerprint density at radius 3 is 2.81 bits per heavy atom. The highest BCUT2D eigenvalue weighted by molar-refractivity contribution is 7.99. The number of amides is 1. The molecule has 1 aliphatic heterocycles. The zero-order chi connectivity index (χ0) is 15.6. The number of rotatable bonds is 3. The van der Waals surface area contributed by atoms with E-state index in [0.717, 1.165) is 10.6 Å². The van der Waals surface area contributed by atoms with E-state index in [1.165, 1.54) is 0 Å². The molecular weight excluding hydrogens is 326 g/mol. The van der Waals surface area contributed by atoms with Crippen molar-refractivity contribution in [3.05, 3.63) is 28.8 Å². The van der Waals surface area contributed by atoms with Gasteiger partial charge in [0.1, 0.15) is 0 Å². The van der Waals surface area contributed by atoms with E-state index in [9.17, 15) is 9.00 Å². The van der Waals surface area contributed by atoms with E-state index in [0.29, 0.717) is 29.4 Å². The predicted molar refractivity (Wildman–Crippen MR) is 90.8 cm³/mol. The molecule has 0 aromatic heterocycles. The maximum atomic E-state index is 12.8. The van der Waals surface area contributed by atoms with Crippen LogP contribution in [0.2, 0.25) is 5.02 Å². The topological polar surface area (TPSA) is 37.4 Å². The van der Waals surface area contributed by atoms with Crippen LogP contribution in [0, 0.1) is 0 Å². The van der Waals surface area contributed by atoms with E-state index in [1.807, 2.05) is 31.7 Å². The lowest BCUT2D eigenvalue weighted by molar-refractivity contribution is 0.0742. The highest BCUT2D eigenvalue weighted by atomic mass is 35.5. The van der Waals surface area contributed by atoms with Crippen molar-refractivity contribution in [1.29, 1.82) is 0 Å². The summed E-state index contributed by atoms with van der Waals surface area (Å²) in [6.07, 6.45) is 0. The number of carbonyl (C=O) groups is 1. The van der Waals surface area contributed by atoms with Crippen molar-refractivity contribution >= 4 is 40.1 Å². The molecule has 0 unspecified atom stereocenters. The molecule has 0 N–H and O–H groups in total. The average Bonchev–Trinajstić information content (AvgIpc) is 2.42. The molecule has 1 aliphatic rings. The summed E-state index contributed by atoms with van der Waals surface area (Å²) in [5.74, 6) is 1.44. The largest absolute Gasteiger partial charge is 0.336 e. The third-order valence-electron chi connectivity index (χ3n) is 3.50. The van der Waals surface area contributed by atoms with E-state index in [1.54, 1.807) is 23.9 Å². The number of thioether (sulfide) groups is 1. The lowest BCUT2D eigenvalue weighted by atomic mass is 10.1. The summed E-state index contributed by atoms with van der Waals surface area (Å²) < 4.78 is 11.6. The molecule has 1 aromatic rings. The van der Waals surface area contributed by atoms with Crippen LogP contribution in [0.5, 0.6) is 0 Å². The summed E-state index contributed by atoms with van der Waals surface area (Å²) in [6.45, 7) is 7.02. The van der Waals surface area contributed by atoms with Gasteiger partial charge in [-0.2, -0.15) is 0 Å². The fourth-order valence-electron chi connectivity index (χ4n) is 2.37. The van der Waals surface area contributed by atoms with Gasteiger partial charge in [0.2, 0.25) is 0 Å². The van der Waals surface area contributed by atoms with Crippen molar-refractivity contribution in [2.24, 2.45) is 0 Å². The van der Waals surface area contributed by atoms with Crippen LogP contribution in [0.4, 0.5) is 0 Å². The molecule has 6 heteroatoms. The highest BCUT2D eigenvalue weighted by Crippen LogP contribution is 2.29. The predicted octanol–water partition coefficient (Wildman–Crippen LogP) is 3.44. The second kappa shape index (κ2) is 6.71. The monoisotopic (exact) mass is 345 g/mol. The van der Waals surface area contributed by atoms with Gasteiger partial charge in [-0.15, -0.1) is 11.8 Å². The van der Waals surface area contributed by atoms with Crippen LogP contribution in [-0.2, 0) is 10.8 Å². The molecule has 21 heavy (non-hydrogen) atoms. The Bertz CT molecular complexity index is 575. The molecule has 116 valence electrons. The Balaban J connectivity index is 2.26. The van der Waals surface area contributed by atoms with Crippen LogP contribution in [0.25, 0.3) is 0 Å². The Labute approximate surface area is 137 Å². The smallest absolute Gasteiger partial charge is 0.255 e. The Kier molecular flexibility index (Phi) is 5.38. The van der Waals surface area contributed by atoms with Crippen LogP contribution in [0.1, 0.15) is 31.1 Å². The molecule has 1 saturated heterocycles. The van der Waals surface area contributed by atoms with Gasteiger partial charge in [0.25, 0.3) is 5.91 Å². The van der Waals surface area contributed by atoms with Crippen molar-refractivity contribution in [3.8, 4) is 0 Å². The molecule has 0 spiro atoms. The molecule has 1 heterocycles. The van der Waals surface area contributed by atoms with Crippen LogP contribution >= 0.6 is 23.4 Å². The van der Waals surface area contributed by atoms with E-state index in [-0.39, 0.29) is 10.7 Å². The molecule has 1 atom stereocenters. The van der Waals surface area contributed by atoms with E-state index >= 15 is 0 Å². The van der Waals surface area contributed by atoms with Gasteiger partial charge in [0.15, 0.2) is 0 Å². The minimum absolute atomic E-state index is 0.00684. The average molecular weight is 346 g/mol. The third-order valence-corrected chi connectivity index (χ3v) is 6.58. The van der Waals surface area contributed by atoms with Gasteiger partial charge < -0.3 is 4.90 Å². The molecule has 1 aromatic carbocycles. The molecule has 0 saturated carbocycles. The molecule has 0 aliphatic carbocycles. The minimum Gasteiger partial charge on any atom is -0.336 e. The van der Waals surface area contributed by atoms with Crippen LogP contribution in [-0.4, -0.2) is 44.4 Å². The fraction of sp³-hybridized carbons (Fsp3) is 0.533. The van der Waals surface area contributed by atoms with E-state index in [2.05, 4.69) is 0 Å². The summed E-state index contributed by atoms with van der Waals surface area (Å²) in [5, 5.41) is 0.641. The second-order valence-electron chi connectivity index (χ2n) is 5.61. The van der Waals surface area contributed by atoms with E-state index < -0.39 is 10.8 Å².